The van der Waals surface area contributed by atoms with Crippen molar-refractivity contribution in [3.05, 3.63) is 69.0 Å². The van der Waals surface area contributed by atoms with Crippen molar-refractivity contribution in [1.29, 1.82) is 0 Å². The van der Waals surface area contributed by atoms with E-state index in [-0.39, 0.29) is 6.03 Å². The Morgan fingerprint density at radius 1 is 1.15 bits per heavy atom. The number of fused-ring (bicyclic) bond motifs is 1. The van der Waals surface area contributed by atoms with E-state index >= 15 is 0 Å². The number of thiazole rings is 1. The molecule has 2 aromatic carbocycles. The predicted molar refractivity (Wildman–Crippen MR) is 119 cm³/mol. The van der Waals surface area contributed by atoms with Crippen LogP contribution in [0, 0.1) is 0 Å². The van der Waals surface area contributed by atoms with Gasteiger partial charge in [-0.2, -0.15) is 18.6 Å². The summed E-state index contributed by atoms with van der Waals surface area (Å²) >= 11 is 13.5. The molecule has 0 radical (unpaired) electrons. The van der Waals surface area contributed by atoms with Gasteiger partial charge in [0, 0.05) is 22.0 Å². The molecule has 14 heteroatoms. The fraction of sp³-hybridized carbons (Fsp3) is 0.100. The SMILES string of the molecule is O=C(NCc1cc(Cl)cc(Cl)c1)N[n+]1c(-c2cscn2)[nH]c2ccccc21.O=C([O-])C(F)(F)F. The zero-order chi connectivity index (χ0) is 24.9. The van der Waals surface area contributed by atoms with Crippen molar-refractivity contribution in [2.75, 3.05) is 5.43 Å². The van der Waals surface area contributed by atoms with E-state index in [4.69, 9.17) is 33.1 Å². The highest BCUT2D eigenvalue weighted by molar-refractivity contribution is 7.07. The highest BCUT2D eigenvalue weighted by atomic mass is 35.5. The minimum absolute atomic E-state index is 0.293. The molecule has 0 unspecified atom stereocenters. The number of rotatable bonds is 4. The summed E-state index contributed by atoms with van der Waals surface area (Å²) in [5.74, 6) is -2.31. The Morgan fingerprint density at radius 2 is 1.79 bits per heavy atom. The molecule has 4 aromatic rings. The molecule has 34 heavy (non-hydrogen) atoms. The summed E-state index contributed by atoms with van der Waals surface area (Å²) in [6.45, 7) is 0.293. The Balaban J connectivity index is 0.000000406. The lowest BCUT2D eigenvalue weighted by molar-refractivity contribution is -0.602. The number of nitrogens with one attached hydrogen (secondary N) is 3. The lowest BCUT2D eigenvalue weighted by Crippen LogP contribution is -2.52. The van der Waals surface area contributed by atoms with E-state index < -0.39 is 12.1 Å². The van der Waals surface area contributed by atoms with Crippen molar-refractivity contribution < 1.29 is 32.5 Å². The normalized spacial score (nSPS) is 11.0. The van der Waals surface area contributed by atoms with Crippen LogP contribution in [0.5, 0.6) is 0 Å². The van der Waals surface area contributed by atoms with Crippen molar-refractivity contribution in [2.24, 2.45) is 0 Å². The molecule has 2 heterocycles. The number of carboxylic acid groups (broad SMARTS) is 1. The third kappa shape index (κ3) is 6.59. The number of carbonyl (C=O) groups is 2. The second-order valence-electron chi connectivity index (χ2n) is 6.56. The average Bonchev–Trinajstić information content (AvgIpc) is 3.40. The molecule has 2 amide bonds. The monoisotopic (exact) mass is 531 g/mol. The number of halogens is 5. The van der Waals surface area contributed by atoms with Crippen LogP contribution in [0.3, 0.4) is 0 Å². The Labute approximate surface area is 203 Å². The Morgan fingerprint density at radius 3 is 2.38 bits per heavy atom. The molecule has 0 aliphatic carbocycles. The van der Waals surface area contributed by atoms with Crippen LogP contribution in [0.25, 0.3) is 22.6 Å². The highest BCUT2D eigenvalue weighted by Crippen LogP contribution is 2.19. The maximum atomic E-state index is 12.5. The summed E-state index contributed by atoms with van der Waals surface area (Å²) in [7, 11) is 0. The fourth-order valence-corrected chi connectivity index (χ4v) is 3.85. The molecule has 0 aliphatic heterocycles. The molecular formula is C20H14Cl2F3N5O3S. The van der Waals surface area contributed by atoms with E-state index in [0.717, 1.165) is 22.3 Å². The van der Waals surface area contributed by atoms with Crippen LogP contribution in [0.15, 0.2) is 53.4 Å². The van der Waals surface area contributed by atoms with E-state index in [2.05, 4.69) is 20.7 Å². The summed E-state index contributed by atoms with van der Waals surface area (Å²) in [5.41, 5.74) is 7.88. The molecule has 2 aromatic heterocycles. The Bertz CT molecular complexity index is 1290. The van der Waals surface area contributed by atoms with Crippen LogP contribution in [-0.4, -0.2) is 28.1 Å². The van der Waals surface area contributed by atoms with Gasteiger partial charge in [-0.15, -0.1) is 16.0 Å². The van der Waals surface area contributed by atoms with Crippen LogP contribution in [0.1, 0.15) is 5.56 Å². The number of urea groups is 1. The zero-order valence-electron chi connectivity index (χ0n) is 16.8. The predicted octanol–water partition coefficient (Wildman–Crippen LogP) is 3.64. The first-order chi connectivity index (χ1) is 16.0. The van der Waals surface area contributed by atoms with Crippen molar-refractivity contribution in [3.63, 3.8) is 0 Å². The summed E-state index contributed by atoms with van der Waals surface area (Å²) in [5, 5.41) is 14.6. The number of hydrogen-bond donors (Lipinski definition) is 3. The molecule has 0 spiro atoms. The number of H-pyrrole nitrogens is 1. The molecule has 0 fully saturated rings. The van der Waals surface area contributed by atoms with Gasteiger partial charge in [0.15, 0.2) is 11.2 Å². The molecule has 0 atom stereocenters. The molecule has 0 aliphatic rings. The van der Waals surface area contributed by atoms with Gasteiger partial charge in [-0.1, -0.05) is 35.3 Å². The molecule has 8 nitrogen and oxygen atoms in total. The second-order valence-corrected chi connectivity index (χ2v) is 8.15. The molecule has 3 N–H and O–H groups in total. The van der Waals surface area contributed by atoms with E-state index in [1.807, 2.05) is 29.6 Å². The van der Waals surface area contributed by atoms with Crippen molar-refractivity contribution in [3.8, 4) is 11.5 Å². The fourth-order valence-electron chi connectivity index (χ4n) is 2.74. The van der Waals surface area contributed by atoms with Crippen LogP contribution in [-0.2, 0) is 11.3 Å². The van der Waals surface area contributed by atoms with Crippen molar-refractivity contribution in [1.82, 2.24) is 15.3 Å². The molecule has 0 saturated heterocycles. The van der Waals surface area contributed by atoms with Gasteiger partial charge >= 0.3 is 18.0 Å². The van der Waals surface area contributed by atoms with Crippen LogP contribution >= 0.6 is 34.5 Å². The summed E-state index contributed by atoms with van der Waals surface area (Å²) in [6, 6.07) is 12.5. The third-order valence-corrected chi connectivity index (χ3v) is 5.14. The molecule has 0 bridgehead atoms. The van der Waals surface area contributed by atoms with Crippen LogP contribution in [0.4, 0.5) is 18.0 Å². The summed E-state index contributed by atoms with van der Waals surface area (Å²) in [4.78, 5) is 28.9. The number of nitrogens with zero attached hydrogens (tertiary/aromatic N) is 2. The van der Waals surface area contributed by atoms with Gasteiger partial charge in [0.05, 0.1) is 5.51 Å². The number of hydrogen-bond acceptors (Lipinski definition) is 5. The number of alkyl halides is 3. The van der Waals surface area contributed by atoms with E-state index in [9.17, 15) is 18.0 Å². The number of aromatic nitrogens is 3. The van der Waals surface area contributed by atoms with Crippen molar-refractivity contribution >= 4 is 57.6 Å². The van der Waals surface area contributed by atoms with Gasteiger partial charge in [-0.05, 0) is 35.9 Å². The maximum absolute atomic E-state index is 12.5. The lowest BCUT2D eigenvalue weighted by Gasteiger charge is -2.07. The Hall–Kier alpha value is -3.35. The molecular weight excluding hydrogens is 518 g/mol. The number of aliphatic carboxylic acids is 1. The van der Waals surface area contributed by atoms with Gasteiger partial charge in [0.1, 0.15) is 5.97 Å². The molecule has 178 valence electrons. The number of amides is 2. The maximum Gasteiger partial charge on any atom is 0.430 e. The number of imidazole rings is 1. The van der Waals surface area contributed by atoms with E-state index in [1.54, 1.807) is 28.4 Å². The Kier molecular flexibility index (Phi) is 7.97. The first-order valence-electron chi connectivity index (χ1n) is 9.24. The summed E-state index contributed by atoms with van der Waals surface area (Å²) < 4.78 is 33.2. The van der Waals surface area contributed by atoms with Gasteiger partial charge in [-0.25, -0.2) is 14.8 Å². The number of carbonyl (C=O) groups excluding carboxylic acids is 2. The third-order valence-electron chi connectivity index (χ3n) is 4.12. The first kappa shape index (κ1) is 25.3. The summed E-state index contributed by atoms with van der Waals surface area (Å²) in [6.07, 6.45) is -5.19. The van der Waals surface area contributed by atoms with Gasteiger partial charge in [-0.3, -0.25) is 0 Å². The standard InChI is InChI=1S/C18H13Cl2N5OS.C2HF3O2/c19-12-5-11(6-13(20)7-12)8-21-18(26)24-25-16-4-2-1-3-14(16)23-17(25)15-9-27-10-22-15;3-2(4,5)1(6)7/h1-7,9-10H,8H2,(H2,21,24,26);(H,6,7). The number of carboxylic acids is 1. The topological polar surface area (TPSA) is 114 Å². The second kappa shape index (κ2) is 10.7. The first-order valence-corrected chi connectivity index (χ1v) is 10.9. The van der Waals surface area contributed by atoms with E-state index in [0.29, 0.717) is 22.4 Å². The quantitative estimate of drug-likeness (QED) is 0.349. The number of aromatic amines is 1. The van der Waals surface area contributed by atoms with Crippen LogP contribution < -0.4 is 20.5 Å². The average molecular weight is 532 g/mol. The van der Waals surface area contributed by atoms with E-state index in [1.165, 1.54) is 11.3 Å². The minimum atomic E-state index is -5.19. The van der Waals surface area contributed by atoms with Gasteiger partial charge < -0.3 is 15.2 Å². The largest absolute Gasteiger partial charge is 0.542 e. The van der Waals surface area contributed by atoms with Gasteiger partial charge in [0.25, 0.3) is 0 Å². The number of benzene rings is 2. The smallest absolute Gasteiger partial charge is 0.430 e. The molecule has 4 rings (SSSR count). The molecule has 0 saturated carbocycles. The van der Waals surface area contributed by atoms with Gasteiger partial charge in [0.2, 0.25) is 5.52 Å². The number of para-hydroxylation sites is 2. The highest BCUT2D eigenvalue weighted by Gasteiger charge is 2.28. The van der Waals surface area contributed by atoms with Crippen molar-refractivity contribution in [2.45, 2.75) is 12.7 Å². The lowest BCUT2D eigenvalue weighted by atomic mass is 10.2. The van der Waals surface area contributed by atoms with Crippen LogP contribution in [0.2, 0.25) is 10.0 Å². The zero-order valence-corrected chi connectivity index (χ0v) is 19.1. The minimum Gasteiger partial charge on any atom is -0.542 e.